The molecular formula is C42H82N2O4. The molecule has 0 radical (unpaired) electrons. The summed E-state index contributed by atoms with van der Waals surface area (Å²) in [6.45, 7) is 7.47. The van der Waals surface area contributed by atoms with Crippen molar-refractivity contribution in [2.75, 3.05) is 39.5 Å². The average Bonchev–Trinajstić information content (AvgIpc) is 3.09. The topological polar surface area (TPSA) is 82.8 Å². The third-order valence-corrected chi connectivity index (χ3v) is 8.90. The van der Waals surface area contributed by atoms with Gasteiger partial charge in [-0.25, -0.2) is 4.79 Å². The first kappa shape index (κ1) is 46.6. The van der Waals surface area contributed by atoms with Crippen molar-refractivity contribution in [3.8, 4) is 0 Å². The van der Waals surface area contributed by atoms with Crippen LogP contribution in [-0.2, 0) is 14.2 Å². The first-order valence-corrected chi connectivity index (χ1v) is 20.8. The van der Waals surface area contributed by atoms with Crippen LogP contribution in [0, 0.1) is 0 Å². The van der Waals surface area contributed by atoms with Crippen LogP contribution in [0.1, 0.15) is 194 Å². The summed E-state index contributed by atoms with van der Waals surface area (Å²) >= 11 is 0. The third kappa shape index (κ3) is 39.1. The first-order chi connectivity index (χ1) is 23.7. The summed E-state index contributed by atoms with van der Waals surface area (Å²) in [6.07, 6.45) is 44.9. The second-order valence-electron chi connectivity index (χ2n) is 13.8. The monoisotopic (exact) mass is 679 g/mol. The molecule has 0 aliphatic carbocycles. The van der Waals surface area contributed by atoms with E-state index in [-0.39, 0.29) is 0 Å². The van der Waals surface area contributed by atoms with E-state index in [1.54, 1.807) is 0 Å². The Kier molecular flexibility index (Phi) is 40.6. The van der Waals surface area contributed by atoms with Gasteiger partial charge in [0.15, 0.2) is 6.10 Å². The van der Waals surface area contributed by atoms with E-state index >= 15 is 0 Å². The van der Waals surface area contributed by atoms with E-state index in [4.69, 9.17) is 19.9 Å². The van der Waals surface area contributed by atoms with Crippen molar-refractivity contribution in [2.45, 2.75) is 200 Å². The molecule has 1 amide bonds. The maximum atomic E-state index is 12.1. The van der Waals surface area contributed by atoms with Crippen molar-refractivity contribution in [1.29, 1.82) is 0 Å². The third-order valence-electron chi connectivity index (χ3n) is 8.90. The minimum Gasteiger partial charge on any atom is -0.441 e. The van der Waals surface area contributed by atoms with Crippen LogP contribution >= 0.6 is 0 Å². The highest BCUT2D eigenvalue weighted by Gasteiger charge is 2.15. The Bertz CT molecular complexity index is 639. The molecule has 0 rings (SSSR count). The number of carbonyl (C=O) groups is 1. The number of alkyl carbamates (subject to hydrolysis) is 1. The number of nitrogens with one attached hydrogen (secondary N) is 1. The minimum absolute atomic E-state index is 0.370. The average molecular weight is 679 g/mol. The van der Waals surface area contributed by atoms with Crippen LogP contribution in [-0.4, -0.2) is 51.7 Å². The van der Waals surface area contributed by atoms with Gasteiger partial charge in [-0.2, -0.15) is 0 Å². The molecule has 0 bridgehead atoms. The number of hydrogen-bond acceptors (Lipinski definition) is 5. The Morgan fingerprint density at radius 1 is 0.521 bits per heavy atom. The van der Waals surface area contributed by atoms with E-state index < -0.39 is 12.2 Å². The number of allylic oxidation sites excluding steroid dienone is 4. The van der Waals surface area contributed by atoms with Crippen molar-refractivity contribution in [1.82, 2.24) is 5.32 Å². The SMILES string of the molecule is CCCCCCCC/C=C\CCCCCCCCOCC(COCCCCCCCC/C=C\CCCCCCCC)OC(=O)NCCN. The molecule has 0 aromatic rings. The number of ether oxygens (including phenoxy) is 3. The Balaban J connectivity index is 3.76. The molecule has 0 atom stereocenters. The minimum atomic E-state index is -0.452. The predicted molar refractivity (Wildman–Crippen MR) is 208 cm³/mol. The van der Waals surface area contributed by atoms with Gasteiger partial charge in [0.1, 0.15) is 0 Å². The van der Waals surface area contributed by atoms with Gasteiger partial charge in [0.05, 0.1) is 13.2 Å². The molecule has 0 saturated carbocycles. The number of nitrogens with two attached hydrogens (primary N) is 1. The largest absolute Gasteiger partial charge is 0.441 e. The van der Waals surface area contributed by atoms with Gasteiger partial charge in [0, 0.05) is 26.3 Å². The molecule has 0 heterocycles. The fraction of sp³-hybridized carbons (Fsp3) is 0.881. The van der Waals surface area contributed by atoms with Gasteiger partial charge in [-0.1, -0.05) is 154 Å². The maximum absolute atomic E-state index is 12.1. The van der Waals surface area contributed by atoms with Crippen molar-refractivity contribution in [3.05, 3.63) is 24.3 Å². The second-order valence-corrected chi connectivity index (χ2v) is 13.8. The van der Waals surface area contributed by atoms with Gasteiger partial charge in [0.25, 0.3) is 0 Å². The van der Waals surface area contributed by atoms with Crippen LogP contribution < -0.4 is 11.1 Å². The lowest BCUT2D eigenvalue weighted by Gasteiger charge is -2.18. The molecule has 6 heteroatoms. The molecule has 48 heavy (non-hydrogen) atoms. The van der Waals surface area contributed by atoms with Crippen LogP contribution in [0.4, 0.5) is 4.79 Å². The van der Waals surface area contributed by atoms with Crippen LogP contribution in [0.3, 0.4) is 0 Å². The molecule has 0 aliphatic rings. The summed E-state index contributed by atoms with van der Waals surface area (Å²) in [6, 6.07) is 0. The van der Waals surface area contributed by atoms with Crippen molar-refractivity contribution >= 4 is 6.09 Å². The van der Waals surface area contributed by atoms with Crippen LogP contribution in [0.5, 0.6) is 0 Å². The number of amides is 1. The molecule has 0 aliphatic heterocycles. The number of unbranched alkanes of at least 4 members (excludes halogenated alkanes) is 24. The molecule has 0 aromatic carbocycles. The highest BCUT2D eigenvalue weighted by Crippen LogP contribution is 2.12. The van der Waals surface area contributed by atoms with Crippen LogP contribution in [0.25, 0.3) is 0 Å². The number of rotatable bonds is 39. The summed E-state index contributed by atoms with van der Waals surface area (Å²) < 4.78 is 17.3. The van der Waals surface area contributed by atoms with E-state index in [0.29, 0.717) is 39.5 Å². The summed E-state index contributed by atoms with van der Waals surface area (Å²) in [5.74, 6) is 0. The zero-order chi connectivity index (χ0) is 34.9. The zero-order valence-electron chi connectivity index (χ0n) is 32.1. The van der Waals surface area contributed by atoms with Gasteiger partial charge >= 0.3 is 6.09 Å². The fourth-order valence-corrected chi connectivity index (χ4v) is 5.82. The van der Waals surface area contributed by atoms with Gasteiger partial charge in [-0.15, -0.1) is 0 Å². The van der Waals surface area contributed by atoms with Crippen molar-refractivity contribution in [3.63, 3.8) is 0 Å². The summed E-state index contributed by atoms with van der Waals surface area (Å²) in [7, 11) is 0. The predicted octanol–water partition coefficient (Wildman–Crippen LogP) is 12.1. The first-order valence-electron chi connectivity index (χ1n) is 20.8. The van der Waals surface area contributed by atoms with E-state index in [2.05, 4.69) is 43.5 Å². The summed E-state index contributed by atoms with van der Waals surface area (Å²) in [4.78, 5) is 12.1. The Morgan fingerprint density at radius 3 is 1.21 bits per heavy atom. The second kappa shape index (κ2) is 41.8. The Hall–Kier alpha value is -1.37. The lowest BCUT2D eigenvalue weighted by atomic mass is 10.1. The Morgan fingerprint density at radius 2 is 0.854 bits per heavy atom. The number of carbonyl (C=O) groups excluding carboxylic acids is 1. The molecule has 6 nitrogen and oxygen atoms in total. The fourth-order valence-electron chi connectivity index (χ4n) is 5.82. The van der Waals surface area contributed by atoms with Crippen molar-refractivity contribution < 1.29 is 19.0 Å². The molecular weight excluding hydrogens is 596 g/mol. The van der Waals surface area contributed by atoms with Gasteiger partial charge < -0.3 is 25.3 Å². The highest BCUT2D eigenvalue weighted by molar-refractivity contribution is 5.67. The molecule has 0 fully saturated rings. The lowest BCUT2D eigenvalue weighted by Crippen LogP contribution is -2.36. The molecule has 0 unspecified atom stereocenters. The van der Waals surface area contributed by atoms with E-state index in [0.717, 1.165) is 12.8 Å². The van der Waals surface area contributed by atoms with E-state index in [1.807, 2.05) is 0 Å². The zero-order valence-corrected chi connectivity index (χ0v) is 32.1. The van der Waals surface area contributed by atoms with Crippen molar-refractivity contribution in [2.24, 2.45) is 5.73 Å². The smallest absolute Gasteiger partial charge is 0.407 e. The molecule has 284 valence electrons. The maximum Gasteiger partial charge on any atom is 0.407 e. The molecule has 3 N–H and O–H groups in total. The molecule has 0 saturated heterocycles. The summed E-state index contributed by atoms with van der Waals surface area (Å²) in [5, 5.41) is 2.68. The number of hydrogen-bond donors (Lipinski definition) is 2. The van der Waals surface area contributed by atoms with Gasteiger partial charge in [-0.3, -0.25) is 0 Å². The standard InChI is InChI=1S/C42H82N2O4/c1-3-5-7-9-11-13-15-17-19-21-23-25-27-29-31-33-37-46-39-41(48-42(45)44-36-35-43)40-47-38-34-32-30-28-26-24-22-20-18-16-14-12-10-8-6-4-2/h17-20,41H,3-16,21-40,43H2,1-2H3,(H,44,45)/b19-17-,20-18-. The summed E-state index contributed by atoms with van der Waals surface area (Å²) in [5.41, 5.74) is 5.50. The van der Waals surface area contributed by atoms with E-state index in [9.17, 15) is 4.79 Å². The van der Waals surface area contributed by atoms with Crippen LogP contribution in [0.2, 0.25) is 0 Å². The normalized spacial score (nSPS) is 11.8. The molecule has 0 spiro atoms. The van der Waals surface area contributed by atoms with E-state index in [1.165, 1.54) is 167 Å². The quantitative estimate of drug-likeness (QED) is 0.0499. The lowest BCUT2D eigenvalue weighted by molar-refractivity contribution is -0.0291. The van der Waals surface area contributed by atoms with Crippen LogP contribution in [0.15, 0.2) is 24.3 Å². The van der Waals surface area contributed by atoms with Gasteiger partial charge in [-0.05, 0) is 64.2 Å². The highest BCUT2D eigenvalue weighted by atomic mass is 16.6. The van der Waals surface area contributed by atoms with Gasteiger partial charge in [0.2, 0.25) is 0 Å². The Labute approximate surface area is 299 Å². The molecule has 0 aromatic heterocycles.